The number of oxazole rings is 1. The molecular formula is C42H50Cl2F2N4O4. The molecule has 6 rings (SSSR count). The second kappa shape index (κ2) is 19.2. The van der Waals surface area contributed by atoms with Gasteiger partial charge in [0.15, 0.2) is 5.89 Å². The van der Waals surface area contributed by atoms with Crippen molar-refractivity contribution in [2.45, 2.75) is 109 Å². The molecule has 54 heavy (non-hydrogen) atoms. The predicted octanol–water partition coefficient (Wildman–Crippen LogP) is 9.15. The molecular weight excluding hydrogens is 733 g/mol. The van der Waals surface area contributed by atoms with E-state index in [9.17, 15) is 18.4 Å². The van der Waals surface area contributed by atoms with Crippen LogP contribution in [0.2, 0.25) is 10.0 Å². The van der Waals surface area contributed by atoms with Crippen molar-refractivity contribution < 1.29 is 27.5 Å². The maximum Gasteiger partial charge on any atom is 0.251 e. The molecule has 12 heteroatoms. The topological polar surface area (TPSA) is 105 Å². The molecule has 2 fully saturated rings. The van der Waals surface area contributed by atoms with Crippen molar-refractivity contribution in [3.63, 3.8) is 0 Å². The third-order valence-corrected chi connectivity index (χ3v) is 10.2. The monoisotopic (exact) mass is 782 g/mol. The number of Topliss-reactive ketones (excluding diaryl/α,β-unsaturated/α-hetero) is 1. The summed E-state index contributed by atoms with van der Waals surface area (Å²) in [7, 11) is 1.67. The third-order valence-electron chi connectivity index (χ3n) is 9.77. The number of methoxy groups -OCH3 is 1. The summed E-state index contributed by atoms with van der Waals surface area (Å²) in [4.78, 5) is 29.2. The summed E-state index contributed by atoms with van der Waals surface area (Å²) in [5.74, 6) is 0.924. The van der Waals surface area contributed by atoms with Gasteiger partial charge in [0.2, 0.25) is 0 Å². The number of hydrogen-bond donors (Lipinski definition) is 3. The summed E-state index contributed by atoms with van der Waals surface area (Å²) in [6.07, 6.45) is 8.26. The molecule has 0 saturated heterocycles. The lowest BCUT2D eigenvalue weighted by Crippen LogP contribution is -2.35. The van der Waals surface area contributed by atoms with Crippen LogP contribution >= 0.6 is 23.2 Å². The van der Waals surface area contributed by atoms with Crippen LogP contribution in [0.15, 0.2) is 71.3 Å². The number of nitrogens with zero attached hydrogens (tertiary/aromatic N) is 1. The predicted molar refractivity (Wildman–Crippen MR) is 208 cm³/mol. The maximum absolute atomic E-state index is 13.4. The molecule has 0 spiro atoms. The Balaban J connectivity index is 0.000000208. The number of carbonyl (C=O) groups excluding carboxylic acids is 2. The molecule has 3 N–H and O–H groups in total. The number of halogens is 4. The smallest absolute Gasteiger partial charge is 0.251 e. The standard InChI is InChI=1S/C22H25ClFNO2.C20H25ClFN3O2/c1-27-22-4-2-3-16(12-22)14-25-20-6-5-15(9-20)10-21(26)11-17-7-18(23)13-19(24)8-17;1-20(2,3)19-25-17(11-27-19)10-23-15-4-5-16(9-15)24-18(26)12-6-13(21)8-14(22)7-12/h2-4,7-8,12-13,15,20,25H,5-6,9-11,14H2,1H3;6-8,11,15-16,23H,4-5,9-10H2,1-3H3,(H,24,26)/t15-,20-;15-,16-/m11/s1. The zero-order valence-corrected chi connectivity index (χ0v) is 32.8. The summed E-state index contributed by atoms with van der Waals surface area (Å²) in [5, 5.41) is 10.6. The van der Waals surface area contributed by atoms with Gasteiger partial charge in [0, 0.05) is 65.1 Å². The van der Waals surface area contributed by atoms with E-state index in [0.29, 0.717) is 41.6 Å². The van der Waals surface area contributed by atoms with Crippen molar-refractivity contribution in [3.8, 4) is 5.75 Å². The number of ether oxygens (including phenoxy) is 1. The summed E-state index contributed by atoms with van der Waals surface area (Å²) < 4.78 is 37.6. The molecule has 0 aliphatic heterocycles. The van der Waals surface area contributed by atoms with Gasteiger partial charge in [-0.05, 0) is 104 Å². The summed E-state index contributed by atoms with van der Waals surface area (Å²) in [6, 6.07) is 17.0. The number of benzene rings is 3. The van der Waals surface area contributed by atoms with Crippen molar-refractivity contribution in [2.75, 3.05) is 7.11 Å². The third kappa shape index (κ3) is 12.9. The fourth-order valence-electron chi connectivity index (χ4n) is 7.06. The van der Waals surface area contributed by atoms with Crippen LogP contribution in [0.25, 0.3) is 0 Å². The lowest BCUT2D eigenvalue weighted by atomic mass is 9.97. The molecule has 1 heterocycles. The second-order valence-corrected chi connectivity index (χ2v) is 16.3. The number of aromatic nitrogens is 1. The average Bonchev–Trinajstić information content (AvgIpc) is 3.87. The van der Waals surface area contributed by atoms with Crippen LogP contribution in [0.1, 0.15) is 98.8 Å². The molecule has 4 atom stereocenters. The molecule has 2 aliphatic rings. The summed E-state index contributed by atoms with van der Waals surface area (Å²) in [5.41, 5.74) is 2.85. The SMILES string of the molecule is CC(C)(C)c1nc(CN[C@@H]2CC[C@@H](NC(=O)c3cc(F)cc(Cl)c3)C2)co1.COc1cccc(CN[C@@H]2CC[C@@H](CC(=O)Cc3cc(F)cc(Cl)c3)C2)c1. The molecule has 1 amide bonds. The Morgan fingerprint density at radius 2 is 1.54 bits per heavy atom. The van der Waals surface area contributed by atoms with E-state index in [2.05, 4.69) is 47.8 Å². The van der Waals surface area contributed by atoms with Gasteiger partial charge in [-0.1, -0.05) is 56.1 Å². The second-order valence-electron chi connectivity index (χ2n) is 15.4. The van der Waals surface area contributed by atoms with Gasteiger partial charge < -0.3 is 25.1 Å². The van der Waals surface area contributed by atoms with E-state index in [-0.39, 0.29) is 40.2 Å². The lowest BCUT2D eigenvalue weighted by molar-refractivity contribution is -0.119. The highest BCUT2D eigenvalue weighted by atomic mass is 35.5. The number of amides is 1. The van der Waals surface area contributed by atoms with Gasteiger partial charge in [-0.3, -0.25) is 9.59 Å². The highest BCUT2D eigenvalue weighted by Crippen LogP contribution is 2.30. The van der Waals surface area contributed by atoms with Crippen molar-refractivity contribution in [3.05, 3.63) is 117 Å². The quantitative estimate of drug-likeness (QED) is 0.124. The van der Waals surface area contributed by atoms with Crippen molar-refractivity contribution in [1.82, 2.24) is 20.9 Å². The number of carbonyl (C=O) groups is 2. The highest BCUT2D eigenvalue weighted by molar-refractivity contribution is 6.31. The minimum Gasteiger partial charge on any atom is -0.497 e. The maximum atomic E-state index is 13.4. The normalized spacial score (nSPS) is 19.6. The van der Waals surface area contributed by atoms with Crippen molar-refractivity contribution in [2.24, 2.45) is 5.92 Å². The molecule has 2 aliphatic carbocycles. The Morgan fingerprint density at radius 1 is 0.852 bits per heavy atom. The largest absolute Gasteiger partial charge is 0.497 e. The van der Waals surface area contributed by atoms with Gasteiger partial charge >= 0.3 is 0 Å². The van der Waals surface area contributed by atoms with Crippen LogP contribution in [0, 0.1) is 17.6 Å². The Hall–Kier alpha value is -3.83. The van der Waals surface area contributed by atoms with E-state index < -0.39 is 11.6 Å². The number of nitrogens with one attached hydrogen (secondary N) is 3. The number of rotatable bonds is 13. The van der Waals surface area contributed by atoms with Gasteiger partial charge in [-0.15, -0.1) is 0 Å². The van der Waals surface area contributed by atoms with Crippen molar-refractivity contribution in [1.29, 1.82) is 0 Å². The van der Waals surface area contributed by atoms with Crippen LogP contribution < -0.4 is 20.7 Å². The molecule has 0 unspecified atom stereocenters. The minimum atomic E-state index is -0.513. The minimum absolute atomic E-state index is 0.0551. The fraction of sp³-hybridized carbons (Fsp3) is 0.452. The lowest BCUT2D eigenvalue weighted by Gasteiger charge is -2.14. The zero-order chi connectivity index (χ0) is 38.8. The number of hydrogen-bond acceptors (Lipinski definition) is 7. The molecule has 1 aromatic heterocycles. The van der Waals surface area contributed by atoms with Crippen LogP contribution in [0.3, 0.4) is 0 Å². The molecule has 8 nitrogen and oxygen atoms in total. The van der Waals surface area contributed by atoms with Gasteiger partial charge in [0.05, 0.1) is 12.8 Å². The average molecular weight is 784 g/mol. The first-order chi connectivity index (χ1) is 25.7. The first-order valence-corrected chi connectivity index (χ1v) is 19.3. The van der Waals surface area contributed by atoms with Crippen LogP contribution in [0.5, 0.6) is 5.75 Å². The van der Waals surface area contributed by atoms with Gasteiger partial charge in [-0.25, -0.2) is 13.8 Å². The molecule has 290 valence electrons. The van der Waals surface area contributed by atoms with Gasteiger partial charge in [0.25, 0.3) is 5.91 Å². The molecule has 2 saturated carbocycles. The van der Waals surface area contributed by atoms with E-state index in [1.807, 2.05) is 18.2 Å². The van der Waals surface area contributed by atoms with Gasteiger partial charge in [0.1, 0.15) is 29.4 Å². The van der Waals surface area contributed by atoms with Crippen LogP contribution in [-0.4, -0.2) is 41.9 Å². The Labute approximate surface area is 326 Å². The van der Waals surface area contributed by atoms with Crippen molar-refractivity contribution >= 4 is 34.9 Å². The van der Waals surface area contributed by atoms with E-state index >= 15 is 0 Å². The number of ketones is 1. The summed E-state index contributed by atoms with van der Waals surface area (Å²) >= 11 is 11.7. The fourth-order valence-corrected chi connectivity index (χ4v) is 7.52. The molecule has 0 radical (unpaired) electrons. The van der Waals surface area contributed by atoms with E-state index in [1.54, 1.807) is 19.4 Å². The van der Waals surface area contributed by atoms with Crippen LogP contribution in [0.4, 0.5) is 8.78 Å². The van der Waals surface area contributed by atoms with E-state index in [0.717, 1.165) is 62.4 Å². The summed E-state index contributed by atoms with van der Waals surface area (Å²) in [6.45, 7) is 7.61. The molecule has 3 aromatic carbocycles. The Morgan fingerprint density at radius 3 is 2.24 bits per heavy atom. The molecule has 0 bridgehead atoms. The highest BCUT2D eigenvalue weighted by Gasteiger charge is 2.28. The molecule has 4 aromatic rings. The van der Waals surface area contributed by atoms with E-state index in [1.165, 1.54) is 35.9 Å². The Kier molecular flexibility index (Phi) is 14.7. The Bertz CT molecular complexity index is 1840. The first kappa shape index (κ1) is 41.3. The van der Waals surface area contributed by atoms with Gasteiger partial charge in [-0.2, -0.15) is 0 Å². The first-order valence-electron chi connectivity index (χ1n) is 18.5. The van der Waals surface area contributed by atoms with E-state index in [4.69, 9.17) is 32.4 Å². The van der Waals surface area contributed by atoms with Crippen LogP contribution in [-0.2, 0) is 29.7 Å². The zero-order valence-electron chi connectivity index (χ0n) is 31.3.